The van der Waals surface area contributed by atoms with Crippen molar-refractivity contribution in [2.45, 2.75) is 12.5 Å². The molecule has 4 nitrogen and oxygen atoms in total. The van der Waals surface area contributed by atoms with E-state index in [4.69, 9.17) is 10.8 Å². The Morgan fingerprint density at radius 2 is 2.46 bits per heavy atom. The molecule has 13 heavy (non-hydrogen) atoms. The van der Waals surface area contributed by atoms with Crippen LogP contribution in [0, 0.1) is 0 Å². The second-order valence-corrected chi connectivity index (χ2v) is 3.47. The summed E-state index contributed by atoms with van der Waals surface area (Å²) in [7, 11) is 0. The second kappa shape index (κ2) is 4.34. The quantitative estimate of drug-likeness (QED) is 0.825. The van der Waals surface area contributed by atoms with E-state index in [2.05, 4.69) is 20.9 Å². The van der Waals surface area contributed by atoms with Gasteiger partial charge in [-0.15, -0.1) is 0 Å². The number of halogens is 1. The Bertz CT molecular complexity index is 317. The molecule has 70 valence electrons. The lowest BCUT2D eigenvalue weighted by molar-refractivity contribution is -0.138. The maximum atomic E-state index is 10.5. The third-order valence-electron chi connectivity index (χ3n) is 1.61. The van der Waals surface area contributed by atoms with Crippen molar-refractivity contribution in [3.8, 4) is 0 Å². The predicted molar refractivity (Wildman–Crippen MR) is 51.3 cm³/mol. The van der Waals surface area contributed by atoms with Crippen LogP contribution in [0.3, 0.4) is 0 Å². The fourth-order valence-electron chi connectivity index (χ4n) is 0.894. The number of pyridine rings is 1. The Balaban J connectivity index is 2.74. The van der Waals surface area contributed by atoms with E-state index in [-0.39, 0.29) is 0 Å². The zero-order chi connectivity index (χ0) is 9.84. The first-order valence-corrected chi connectivity index (χ1v) is 4.47. The van der Waals surface area contributed by atoms with Crippen LogP contribution < -0.4 is 5.73 Å². The van der Waals surface area contributed by atoms with Crippen molar-refractivity contribution in [3.05, 3.63) is 28.5 Å². The molecular weight excluding hydrogens is 236 g/mol. The lowest BCUT2D eigenvalue weighted by atomic mass is 10.1. The highest BCUT2D eigenvalue weighted by molar-refractivity contribution is 9.10. The van der Waals surface area contributed by atoms with Crippen LogP contribution in [-0.2, 0) is 11.2 Å². The van der Waals surface area contributed by atoms with E-state index < -0.39 is 12.0 Å². The number of rotatable bonds is 3. The van der Waals surface area contributed by atoms with Crippen molar-refractivity contribution in [2.24, 2.45) is 5.73 Å². The third-order valence-corrected chi connectivity index (χ3v) is 2.33. The Morgan fingerprint density at radius 3 is 3.00 bits per heavy atom. The minimum Gasteiger partial charge on any atom is -0.480 e. The molecule has 0 spiro atoms. The van der Waals surface area contributed by atoms with Gasteiger partial charge in [-0.1, -0.05) is 0 Å². The smallest absolute Gasteiger partial charge is 0.320 e. The lowest BCUT2D eigenvalue weighted by Gasteiger charge is -2.07. The summed E-state index contributed by atoms with van der Waals surface area (Å²) in [5.41, 5.74) is 6.23. The van der Waals surface area contributed by atoms with Gasteiger partial charge in [0.2, 0.25) is 0 Å². The van der Waals surface area contributed by atoms with E-state index in [9.17, 15) is 4.79 Å². The van der Waals surface area contributed by atoms with E-state index >= 15 is 0 Å². The molecule has 0 aliphatic heterocycles. The van der Waals surface area contributed by atoms with Crippen molar-refractivity contribution >= 4 is 21.9 Å². The molecule has 0 aliphatic rings. The second-order valence-electron chi connectivity index (χ2n) is 2.62. The monoisotopic (exact) mass is 244 g/mol. The number of hydrogen-bond donors (Lipinski definition) is 2. The number of carbonyl (C=O) groups is 1. The van der Waals surface area contributed by atoms with Crippen LogP contribution in [0.25, 0.3) is 0 Å². The van der Waals surface area contributed by atoms with Crippen LogP contribution in [0.15, 0.2) is 22.9 Å². The summed E-state index contributed by atoms with van der Waals surface area (Å²) in [6.45, 7) is 0. The predicted octanol–water partition coefficient (Wildman–Crippen LogP) is 0.798. The van der Waals surface area contributed by atoms with Crippen LogP contribution in [0.5, 0.6) is 0 Å². The van der Waals surface area contributed by atoms with Crippen LogP contribution in [0.2, 0.25) is 0 Å². The summed E-state index contributed by atoms with van der Waals surface area (Å²) in [5.74, 6) is -0.997. The van der Waals surface area contributed by atoms with E-state index in [0.717, 1.165) is 10.0 Å². The number of nitrogens with zero attached hydrogens (tertiary/aromatic N) is 1. The van der Waals surface area contributed by atoms with Gasteiger partial charge in [0, 0.05) is 16.9 Å². The summed E-state index contributed by atoms with van der Waals surface area (Å²) in [5, 5.41) is 8.58. The van der Waals surface area contributed by atoms with Crippen LogP contribution in [0.1, 0.15) is 5.56 Å². The average Bonchev–Trinajstić information content (AvgIpc) is 2.08. The third kappa shape index (κ3) is 2.78. The van der Waals surface area contributed by atoms with Crippen LogP contribution >= 0.6 is 15.9 Å². The van der Waals surface area contributed by atoms with E-state index in [1.54, 1.807) is 18.5 Å². The van der Waals surface area contributed by atoms with E-state index in [0.29, 0.717) is 6.42 Å². The first-order chi connectivity index (χ1) is 6.11. The zero-order valence-electron chi connectivity index (χ0n) is 6.77. The minimum atomic E-state index is -0.997. The highest BCUT2D eigenvalue weighted by atomic mass is 79.9. The Morgan fingerprint density at radius 1 is 1.77 bits per heavy atom. The van der Waals surface area contributed by atoms with Crippen molar-refractivity contribution in [1.29, 1.82) is 0 Å². The molecule has 0 aliphatic carbocycles. The molecule has 0 aromatic carbocycles. The molecule has 5 heteroatoms. The fourth-order valence-corrected chi connectivity index (χ4v) is 1.31. The van der Waals surface area contributed by atoms with Gasteiger partial charge in [0.15, 0.2) is 0 Å². The molecule has 0 saturated carbocycles. The largest absolute Gasteiger partial charge is 0.480 e. The summed E-state index contributed by atoms with van der Waals surface area (Å²) in [6.07, 6.45) is 3.52. The summed E-state index contributed by atoms with van der Waals surface area (Å²) >= 11 is 3.26. The molecule has 3 N–H and O–H groups in total. The van der Waals surface area contributed by atoms with E-state index in [1.165, 1.54) is 0 Å². The summed E-state index contributed by atoms with van der Waals surface area (Å²) in [4.78, 5) is 14.3. The summed E-state index contributed by atoms with van der Waals surface area (Å²) in [6, 6.07) is 0.881. The molecule has 0 amide bonds. The molecule has 1 rings (SSSR count). The number of carboxylic acid groups (broad SMARTS) is 1. The average molecular weight is 245 g/mol. The van der Waals surface area contributed by atoms with Gasteiger partial charge in [-0.3, -0.25) is 9.78 Å². The van der Waals surface area contributed by atoms with Crippen molar-refractivity contribution < 1.29 is 9.90 Å². The lowest BCUT2D eigenvalue weighted by Crippen LogP contribution is -2.32. The maximum absolute atomic E-state index is 10.5. The number of aromatic nitrogens is 1. The van der Waals surface area contributed by atoms with Crippen LogP contribution in [-0.4, -0.2) is 22.1 Å². The van der Waals surface area contributed by atoms with Gasteiger partial charge < -0.3 is 10.8 Å². The number of aliphatic carboxylic acids is 1. The molecule has 0 radical (unpaired) electrons. The van der Waals surface area contributed by atoms with Gasteiger partial charge in [-0.2, -0.15) is 0 Å². The molecule has 1 aromatic heterocycles. The molecular formula is C8H9BrN2O2. The molecule has 0 bridgehead atoms. The molecule has 0 unspecified atom stereocenters. The Labute approximate surface area is 83.9 Å². The first-order valence-electron chi connectivity index (χ1n) is 3.68. The van der Waals surface area contributed by atoms with Crippen molar-refractivity contribution in [2.75, 3.05) is 0 Å². The van der Waals surface area contributed by atoms with E-state index in [1.807, 2.05) is 0 Å². The topological polar surface area (TPSA) is 76.2 Å². The zero-order valence-corrected chi connectivity index (χ0v) is 8.36. The minimum absolute atomic E-state index is 0.304. The Kier molecular flexibility index (Phi) is 3.39. The van der Waals surface area contributed by atoms with Crippen molar-refractivity contribution in [1.82, 2.24) is 4.98 Å². The molecule has 0 fully saturated rings. The standard InChI is InChI=1S/C8H9BrN2O2/c9-6-4-11-2-1-5(6)3-7(10)8(12)13/h1-2,4,7H,3,10H2,(H,12,13)/t7-/m1/s1. The normalized spacial score (nSPS) is 12.5. The first kappa shape index (κ1) is 10.1. The van der Waals surface area contributed by atoms with Gasteiger partial charge >= 0.3 is 5.97 Å². The van der Waals surface area contributed by atoms with Crippen molar-refractivity contribution in [3.63, 3.8) is 0 Å². The van der Waals surface area contributed by atoms with Gasteiger partial charge in [-0.05, 0) is 34.0 Å². The molecule has 0 saturated heterocycles. The van der Waals surface area contributed by atoms with Gasteiger partial charge in [0.05, 0.1) is 0 Å². The fraction of sp³-hybridized carbons (Fsp3) is 0.250. The van der Waals surface area contributed by atoms with Gasteiger partial charge in [-0.25, -0.2) is 0 Å². The highest BCUT2D eigenvalue weighted by Crippen LogP contribution is 2.15. The molecule has 1 atom stereocenters. The van der Waals surface area contributed by atoms with Crippen LogP contribution in [0.4, 0.5) is 0 Å². The SMILES string of the molecule is N[C@H](Cc1ccncc1Br)C(=O)O. The molecule has 1 aromatic rings. The number of hydrogen-bond acceptors (Lipinski definition) is 3. The Hall–Kier alpha value is -0.940. The number of carboxylic acids is 1. The molecule has 1 heterocycles. The highest BCUT2D eigenvalue weighted by Gasteiger charge is 2.13. The summed E-state index contributed by atoms with van der Waals surface area (Å²) < 4.78 is 0.784. The van der Waals surface area contributed by atoms with Gasteiger partial charge in [0.25, 0.3) is 0 Å². The van der Waals surface area contributed by atoms with Gasteiger partial charge in [0.1, 0.15) is 6.04 Å². The maximum Gasteiger partial charge on any atom is 0.320 e. The number of nitrogens with two attached hydrogens (primary N) is 1.